The Morgan fingerprint density at radius 3 is 2.34 bits per heavy atom. The molecule has 2 rings (SSSR count). The summed E-state index contributed by atoms with van der Waals surface area (Å²) in [6, 6.07) is -0.265. The zero-order valence-electron chi connectivity index (χ0n) is 20.0. The van der Waals surface area contributed by atoms with Gasteiger partial charge in [-0.2, -0.15) is 4.57 Å². The van der Waals surface area contributed by atoms with E-state index >= 15 is 0 Å². The average molecular weight is 444 g/mol. The van der Waals surface area contributed by atoms with Gasteiger partial charge < -0.3 is 13.9 Å². The molecule has 0 spiro atoms. The molecular formula is C21H39N2O4SSi+. The molecule has 1 fully saturated rings. The van der Waals surface area contributed by atoms with Gasteiger partial charge in [-0.25, -0.2) is 4.79 Å². The Balaban J connectivity index is 2.48. The van der Waals surface area contributed by atoms with Crippen molar-refractivity contribution in [1.29, 1.82) is 0 Å². The first-order valence-corrected chi connectivity index (χ1v) is 14.0. The summed E-state index contributed by atoms with van der Waals surface area (Å²) in [5.74, 6) is 0. The van der Waals surface area contributed by atoms with E-state index in [1.807, 2.05) is 47.9 Å². The minimum absolute atomic E-state index is 0.0484. The normalized spacial score (nSPS) is 21.3. The smallest absolute Gasteiger partial charge is 0.413 e. The van der Waals surface area contributed by atoms with E-state index in [2.05, 4.69) is 43.8 Å². The molecule has 0 unspecified atom stereocenters. The minimum atomic E-state index is -2.11. The first kappa shape index (κ1) is 24.3. The Labute approximate surface area is 181 Å². The number of nitrogens with zero attached hydrogens (tertiary/aromatic N) is 2. The highest BCUT2D eigenvalue weighted by molar-refractivity contribution is 7.09. The summed E-state index contributed by atoms with van der Waals surface area (Å²) in [6.45, 7) is 21.0. The number of carbonyl (C=O) groups excluding carboxylic acids is 1. The molecule has 166 valence electrons. The minimum Gasteiger partial charge on any atom is -0.444 e. The maximum atomic E-state index is 13.2. The summed E-state index contributed by atoms with van der Waals surface area (Å²) in [5, 5.41) is 3.18. The van der Waals surface area contributed by atoms with Crippen molar-refractivity contribution in [2.24, 2.45) is 7.05 Å². The van der Waals surface area contributed by atoms with Crippen molar-refractivity contribution in [3.05, 3.63) is 16.6 Å². The van der Waals surface area contributed by atoms with Gasteiger partial charge in [0.15, 0.2) is 20.6 Å². The highest BCUT2D eigenvalue weighted by atomic mass is 32.1. The van der Waals surface area contributed by atoms with Crippen LogP contribution in [0.2, 0.25) is 18.1 Å². The topological polar surface area (TPSA) is 51.9 Å². The maximum Gasteiger partial charge on any atom is 0.413 e. The van der Waals surface area contributed by atoms with Crippen LogP contribution in [-0.4, -0.2) is 43.3 Å². The van der Waals surface area contributed by atoms with E-state index in [0.717, 1.165) is 5.01 Å². The van der Waals surface area contributed by atoms with E-state index in [4.69, 9.17) is 13.9 Å². The number of amides is 1. The van der Waals surface area contributed by atoms with Crippen LogP contribution < -0.4 is 4.57 Å². The molecule has 1 amide bonds. The molecule has 1 aromatic heterocycles. The summed E-state index contributed by atoms with van der Waals surface area (Å²) in [4.78, 5) is 14.9. The van der Waals surface area contributed by atoms with Gasteiger partial charge in [0.05, 0.1) is 18.0 Å². The molecule has 2 heterocycles. The number of hydrogen-bond acceptors (Lipinski definition) is 5. The lowest BCUT2D eigenvalue weighted by Gasteiger charge is -2.42. The Bertz CT molecular complexity index is 734. The van der Waals surface area contributed by atoms with E-state index in [-0.39, 0.29) is 23.3 Å². The molecule has 6 nitrogen and oxygen atoms in total. The van der Waals surface area contributed by atoms with Crippen molar-refractivity contribution >= 4 is 25.7 Å². The van der Waals surface area contributed by atoms with E-state index in [9.17, 15) is 4.79 Å². The Morgan fingerprint density at radius 1 is 1.31 bits per heavy atom. The molecule has 0 aromatic carbocycles. The van der Waals surface area contributed by atoms with Crippen molar-refractivity contribution in [1.82, 2.24) is 4.90 Å². The van der Waals surface area contributed by atoms with Gasteiger partial charge in [-0.15, -0.1) is 0 Å². The third-order valence-electron chi connectivity index (χ3n) is 5.75. The fourth-order valence-corrected chi connectivity index (χ4v) is 5.42. The average Bonchev–Trinajstić information content (AvgIpc) is 3.04. The molecule has 1 aromatic rings. The summed E-state index contributed by atoms with van der Waals surface area (Å²) < 4.78 is 20.8. The van der Waals surface area contributed by atoms with E-state index in [0.29, 0.717) is 6.61 Å². The SMILES string of the molecule is C[n+]1ccsc1[C@@H](O[Si](C)(C)C(C)(C)C)[C@H]1COC(C)(C)N1C(=O)OC(C)(C)C. The zero-order valence-corrected chi connectivity index (χ0v) is 21.8. The van der Waals surface area contributed by atoms with Crippen molar-refractivity contribution < 1.29 is 23.3 Å². The standard InChI is InChI=1S/C21H39N2O4SSi/c1-19(2,3)26-18(24)23-15(14-25-21(23,7)8)16(17-22(9)12-13-28-17)27-29(10,11)20(4,5)6/h12-13,15-16H,14H2,1-11H3/q+1/t15-,16+/m1/s1. The first-order valence-electron chi connectivity index (χ1n) is 10.2. The first-order chi connectivity index (χ1) is 13.0. The number of aryl methyl sites for hydroxylation is 1. The highest BCUT2D eigenvalue weighted by Gasteiger charge is 2.53. The summed E-state index contributed by atoms with van der Waals surface area (Å²) in [5.41, 5.74) is -1.35. The number of rotatable bonds is 4. The second kappa shape index (κ2) is 7.94. The molecule has 1 aliphatic rings. The molecule has 8 heteroatoms. The molecule has 0 radical (unpaired) electrons. The van der Waals surface area contributed by atoms with E-state index < -0.39 is 19.6 Å². The Kier molecular flexibility index (Phi) is 6.66. The number of carbonyl (C=O) groups is 1. The van der Waals surface area contributed by atoms with Crippen molar-refractivity contribution in [3.63, 3.8) is 0 Å². The fraction of sp³-hybridized carbons (Fsp3) is 0.810. The van der Waals surface area contributed by atoms with Crippen molar-refractivity contribution in [3.8, 4) is 0 Å². The van der Waals surface area contributed by atoms with Crippen LogP contribution in [0.25, 0.3) is 0 Å². The Morgan fingerprint density at radius 2 is 1.90 bits per heavy atom. The second-order valence-corrected chi connectivity index (χ2v) is 16.5. The lowest BCUT2D eigenvalue weighted by Crippen LogP contribution is -2.55. The van der Waals surface area contributed by atoms with Gasteiger partial charge in [0.1, 0.15) is 18.4 Å². The van der Waals surface area contributed by atoms with Gasteiger partial charge in [0, 0.05) is 0 Å². The molecule has 0 aliphatic carbocycles. The second-order valence-electron chi connectivity index (χ2n) is 10.8. The lowest BCUT2D eigenvalue weighted by atomic mass is 10.1. The summed E-state index contributed by atoms with van der Waals surface area (Å²) >= 11 is 1.65. The van der Waals surface area contributed by atoms with Crippen molar-refractivity contribution in [2.45, 2.75) is 97.0 Å². The van der Waals surface area contributed by atoms with Crippen LogP contribution in [0.15, 0.2) is 11.6 Å². The third kappa shape index (κ3) is 5.40. The molecule has 29 heavy (non-hydrogen) atoms. The van der Waals surface area contributed by atoms with Crippen molar-refractivity contribution in [2.75, 3.05) is 6.61 Å². The van der Waals surface area contributed by atoms with Crippen LogP contribution in [0, 0.1) is 0 Å². The number of ether oxygens (including phenoxy) is 2. The number of aromatic nitrogens is 1. The molecule has 0 N–H and O–H groups in total. The van der Waals surface area contributed by atoms with Crippen LogP contribution >= 0.6 is 11.3 Å². The lowest BCUT2D eigenvalue weighted by molar-refractivity contribution is -0.677. The third-order valence-corrected chi connectivity index (χ3v) is 11.2. The quantitative estimate of drug-likeness (QED) is 0.485. The molecular weight excluding hydrogens is 404 g/mol. The van der Waals surface area contributed by atoms with Gasteiger partial charge in [-0.1, -0.05) is 32.1 Å². The van der Waals surface area contributed by atoms with Gasteiger partial charge in [0.25, 0.3) is 5.01 Å². The highest BCUT2D eigenvalue weighted by Crippen LogP contribution is 2.44. The fourth-order valence-electron chi connectivity index (χ4n) is 3.13. The van der Waals surface area contributed by atoms with Gasteiger partial charge in [0.2, 0.25) is 0 Å². The molecule has 0 bridgehead atoms. The Hall–Kier alpha value is -0.963. The van der Waals surface area contributed by atoms with Crippen LogP contribution in [0.4, 0.5) is 4.79 Å². The van der Waals surface area contributed by atoms with Gasteiger partial charge in [-0.3, -0.25) is 4.90 Å². The van der Waals surface area contributed by atoms with E-state index in [1.165, 1.54) is 0 Å². The molecule has 1 saturated heterocycles. The summed E-state index contributed by atoms with van der Waals surface area (Å²) in [7, 11) is -0.0927. The van der Waals surface area contributed by atoms with Crippen LogP contribution in [0.1, 0.15) is 66.5 Å². The maximum absolute atomic E-state index is 13.2. The zero-order chi connectivity index (χ0) is 22.4. The van der Waals surface area contributed by atoms with E-state index in [1.54, 1.807) is 16.2 Å². The predicted octanol–water partition coefficient (Wildman–Crippen LogP) is 5.01. The van der Waals surface area contributed by atoms with Crippen LogP contribution in [-0.2, 0) is 20.9 Å². The molecule has 2 atom stereocenters. The largest absolute Gasteiger partial charge is 0.444 e. The number of thiazole rings is 1. The summed E-state index contributed by atoms with van der Waals surface area (Å²) in [6.07, 6.45) is 1.38. The predicted molar refractivity (Wildman–Crippen MR) is 118 cm³/mol. The van der Waals surface area contributed by atoms with Gasteiger partial charge in [-0.05, 0) is 52.8 Å². The molecule has 1 aliphatic heterocycles. The number of hydrogen-bond donors (Lipinski definition) is 0. The monoisotopic (exact) mass is 443 g/mol. The van der Waals surface area contributed by atoms with Gasteiger partial charge >= 0.3 is 6.09 Å². The molecule has 0 saturated carbocycles. The van der Waals surface area contributed by atoms with Crippen LogP contribution in [0.3, 0.4) is 0 Å². The van der Waals surface area contributed by atoms with Crippen LogP contribution in [0.5, 0.6) is 0 Å².